The number of nitrogens with zero attached hydrogens (tertiary/aromatic N) is 1. The highest BCUT2D eigenvalue weighted by molar-refractivity contribution is 5.71. The summed E-state index contributed by atoms with van der Waals surface area (Å²) in [6.45, 7) is 3.90. The third-order valence-corrected chi connectivity index (χ3v) is 3.78. The third-order valence-electron chi connectivity index (χ3n) is 3.78. The van der Waals surface area contributed by atoms with E-state index in [0.717, 1.165) is 19.5 Å². The minimum Gasteiger partial charge on any atom is -0.481 e. The molecule has 1 fully saturated rings. The predicted octanol–water partition coefficient (Wildman–Crippen LogP) is 2.10. The summed E-state index contributed by atoms with van der Waals surface area (Å²) in [5, 5.41) is 11.1. The average Bonchev–Trinajstić information content (AvgIpc) is 2.33. The lowest BCUT2D eigenvalue weighted by Crippen LogP contribution is -2.41. The smallest absolute Gasteiger partial charge is 0.403 e. The van der Waals surface area contributed by atoms with Crippen molar-refractivity contribution in [3.63, 3.8) is 0 Å². The average molecular weight is 296 g/mol. The van der Waals surface area contributed by atoms with Gasteiger partial charge in [-0.3, -0.25) is 4.79 Å². The molecule has 2 atom stereocenters. The van der Waals surface area contributed by atoms with Crippen molar-refractivity contribution in [3.8, 4) is 0 Å². The second-order valence-electron chi connectivity index (χ2n) is 5.37. The van der Waals surface area contributed by atoms with Crippen molar-refractivity contribution >= 4 is 5.97 Å². The lowest BCUT2D eigenvalue weighted by Gasteiger charge is -2.33. The Balaban J connectivity index is 2.19. The number of hydrogen-bond acceptors (Lipinski definition) is 3. The molecule has 1 heterocycles. The summed E-state index contributed by atoms with van der Waals surface area (Å²) in [6, 6.07) is 0.533. The summed E-state index contributed by atoms with van der Waals surface area (Å²) >= 11 is 0. The maximum Gasteiger partial charge on any atom is 0.403 e. The molecule has 20 heavy (non-hydrogen) atoms. The lowest BCUT2D eigenvalue weighted by molar-refractivity contribution is -0.192. The second-order valence-corrected chi connectivity index (χ2v) is 5.37. The Morgan fingerprint density at radius 1 is 1.45 bits per heavy atom. The normalized spacial score (nSPS) is 22.7. The van der Waals surface area contributed by atoms with Gasteiger partial charge in [0.25, 0.3) is 0 Å². The molecule has 0 aromatic carbocycles. The number of carbonyl (C=O) groups is 1. The molecule has 0 amide bonds. The van der Waals surface area contributed by atoms with Crippen molar-refractivity contribution in [2.24, 2.45) is 5.92 Å². The van der Waals surface area contributed by atoms with E-state index < -0.39 is 24.6 Å². The summed E-state index contributed by atoms with van der Waals surface area (Å²) in [5.74, 6) is -4.15. The number of rotatable bonds is 7. The van der Waals surface area contributed by atoms with Gasteiger partial charge in [-0.2, -0.15) is 13.2 Å². The van der Waals surface area contributed by atoms with Crippen LogP contribution in [0.15, 0.2) is 0 Å². The van der Waals surface area contributed by atoms with E-state index in [1.54, 1.807) is 0 Å². The minimum atomic E-state index is -4.69. The minimum absolute atomic E-state index is 0.406. The number of alkyl halides is 3. The van der Waals surface area contributed by atoms with E-state index in [0.29, 0.717) is 12.6 Å². The molecule has 1 rings (SSSR count). The van der Waals surface area contributed by atoms with Crippen molar-refractivity contribution in [1.82, 2.24) is 10.2 Å². The van der Waals surface area contributed by atoms with Gasteiger partial charge in [-0.15, -0.1) is 0 Å². The van der Waals surface area contributed by atoms with Gasteiger partial charge >= 0.3 is 12.1 Å². The molecule has 1 saturated heterocycles. The number of hydrogen-bond donors (Lipinski definition) is 2. The van der Waals surface area contributed by atoms with E-state index in [1.165, 1.54) is 19.3 Å². The highest BCUT2D eigenvalue weighted by Crippen LogP contribution is 2.25. The molecular formula is C13H23F3N2O2. The summed E-state index contributed by atoms with van der Waals surface area (Å²) < 4.78 is 37.2. The molecule has 2 N–H and O–H groups in total. The highest BCUT2D eigenvalue weighted by atomic mass is 19.4. The first-order valence-electron chi connectivity index (χ1n) is 7.06. The van der Waals surface area contributed by atoms with Crippen LogP contribution in [0.25, 0.3) is 0 Å². The van der Waals surface area contributed by atoms with E-state index in [2.05, 4.69) is 17.1 Å². The summed E-state index contributed by atoms with van der Waals surface area (Å²) in [7, 11) is 0. The SMILES string of the molecule is CC1CCCCN1CCCNCC(C(=O)O)C(F)(F)F. The fraction of sp³-hybridized carbons (Fsp3) is 0.923. The number of nitrogens with one attached hydrogen (secondary N) is 1. The van der Waals surface area contributed by atoms with Crippen LogP contribution in [0, 0.1) is 5.92 Å². The maximum atomic E-state index is 12.4. The van der Waals surface area contributed by atoms with E-state index in [4.69, 9.17) is 5.11 Å². The Morgan fingerprint density at radius 2 is 2.15 bits per heavy atom. The Labute approximate surface area is 117 Å². The fourth-order valence-corrected chi connectivity index (χ4v) is 2.49. The zero-order valence-electron chi connectivity index (χ0n) is 11.7. The molecule has 0 spiro atoms. The van der Waals surface area contributed by atoms with E-state index in [9.17, 15) is 18.0 Å². The van der Waals surface area contributed by atoms with Gasteiger partial charge in [-0.05, 0) is 45.8 Å². The van der Waals surface area contributed by atoms with Crippen LogP contribution >= 0.6 is 0 Å². The molecule has 0 aromatic rings. The summed E-state index contributed by atoms with van der Waals surface area (Å²) in [6.07, 6.45) is -0.383. The van der Waals surface area contributed by atoms with Crippen LogP contribution < -0.4 is 5.32 Å². The van der Waals surface area contributed by atoms with Crippen LogP contribution in [0.4, 0.5) is 13.2 Å². The Kier molecular flexibility index (Phi) is 6.75. The van der Waals surface area contributed by atoms with Crippen molar-refractivity contribution in [1.29, 1.82) is 0 Å². The number of halogens is 3. The second kappa shape index (κ2) is 7.83. The highest BCUT2D eigenvalue weighted by Gasteiger charge is 2.44. The molecule has 1 aliphatic rings. The number of piperidine rings is 1. The Morgan fingerprint density at radius 3 is 2.70 bits per heavy atom. The molecule has 0 aliphatic carbocycles. The third kappa shape index (κ3) is 5.66. The molecule has 0 aromatic heterocycles. The number of carboxylic acids is 1. The molecule has 0 radical (unpaired) electrons. The fourth-order valence-electron chi connectivity index (χ4n) is 2.49. The van der Waals surface area contributed by atoms with Gasteiger partial charge in [0.15, 0.2) is 5.92 Å². The molecule has 0 saturated carbocycles. The van der Waals surface area contributed by atoms with Gasteiger partial charge in [-0.25, -0.2) is 0 Å². The first-order valence-corrected chi connectivity index (χ1v) is 7.06. The van der Waals surface area contributed by atoms with Crippen LogP contribution in [0.1, 0.15) is 32.6 Å². The lowest BCUT2D eigenvalue weighted by atomic mass is 10.0. The van der Waals surface area contributed by atoms with Gasteiger partial charge in [0.05, 0.1) is 0 Å². The Hall–Kier alpha value is -0.820. The van der Waals surface area contributed by atoms with E-state index in [1.807, 2.05) is 0 Å². The van der Waals surface area contributed by atoms with E-state index in [-0.39, 0.29) is 0 Å². The van der Waals surface area contributed by atoms with Crippen LogP contribution in [-0.2, 0) is 4.79 Å². The number of aliphatic carboxylic acids is 1. The van der Waals surface area contributed by atoms with Crippen LogP contribution in [-0.4, -0.2) is 54.4 Å². The van der Waals surface area contributed by atoms with Crippen molar-refractivity contribution in [2.75, 3.05) is 26.2 Å². The van der Waals surface area contributed by atoms with Crippen molar-refractivity contribution in [2.45, 2.75) is 44.8 Å². The number of likely N-dealkylation sites (tertiary alicyclic amines) is 1. The summed E-state index contributed by atoms with van der Waals surface area (Å²) in [5.41, 5.74) is 0. The molecular weight excluding hydrogens is 273 g/mol. The van der Waals surface area contributed by atoms with Gasteiger partial charge in [-0.1, -0.05) is 6.42 Å². The Bertz CT molecular complexity index is 310. The standard InChI is InChI=1S/C13H23F3N2O2/c1-10-5-2-3-7-18(10)8-4-6-17-9-11(12(19)20)13(14,15)16/h10-11,17H,2-9H2,1H3,(H,19,20). The molecule has 7 heteroatoms. The summed E-state index contributed by atoms with van der Waals surface area (Å²) in [4.78, 5) is 12.9. The van der Waals surface area contributed by atoms with Crippen LogP contribution in [0.3, 0.4) is 0 Å². The monoisotopic (exact) mass is 296 g/mol. The van der Waals surface area contributed by atoms with Gasteiger partial charge in [0.2, 0.25) is 0 Å². The largest absolute Gasteiger partial charge is 0.481 e. The quantitative estimate of drug-likeness (QED) is 0.707. The molecule has 2 unspecified atom stereocenters. The topological polar surface area (TPSA) is 52.6 Å². The molecule has 4 nitrogen and oxygen atoms in total. The van der Waals surface area contributed by atoms with Crippen LogP contribution in [0.5, 0.6) is 0 Å². The van der Waals surface area contributed by atoms with E-state index >= 15 is 0 Å². The maximum absolute atomic E-state index is 12.4. The van der Waals surface area contributed by atoms with Crippen LogP contribution in [0.2, 0.25) is 0 Å². The first-order chi connectivity index (χ1) is 9.32. The van der Waals surface area contributed by atoms with Gasteiger partial charge < -0.3 is 15.3 Å². The van der Waals surface area contributed by atoms with Gasteiger partial charge in [0, 0.05) is 12.6 Å². The predicted molar refractivity (Wildman–Crippen MR) is 69.6 cm³/mol. The zero-order chi connectivity index (χ0) is 15.2. The number of carboxylic acid groups (broad SMARTS) is 1. The van der Waals surface area contributed by atoms with Gasteiger partial charge in [0.1, 0.15) is 0 Å². The molecule has 0 bridgehead atoms. The first kappa shape index (κ1) is 17.2. The molecule has 118 valence electrons. The van der Waals surface area contributed by atoms with Crippen molar-refractivity contribution < 1.29 is 23.1 Å². The zero-order valence-corrected chi connectivity index (χ0v) is 11.7. The molecule has 1 aliphatic heterocycles. The van der Waals surface area contributed by atoms with Crippen molar-refractivity contribution in [3.05, 3.63) is 0 Å².